The molecule has 0 spiro atoms. The summed E-state index contributed by atoms with van der Waals surface area (Å²) in [5.41, 5.74) is 2.52. The molecular weight excluding hydrogens is 372 g/mol. The fourth-order valence-electron chi connectivity index (χ4n) is 5.21. The molecule has 3 aliphatic heterocycles. The van der Waals surface area contributed by atoms with E-state index in [-0.39, 0.29) is 18.0 Å². The maximum absolute atomic E-state index is 13.1. The van der Waals surface area contributed by atoms with Gasteiger partial charge < -0.3 is 5.32 Å². The number of hydrogen-bond acceptors (Lipinski definition) is 4. The van der Waals surface area contributed by atoms with E-state index in [1.54, 1.807) is 12.3 Å². The predicted molar refractivity (Wildman–Crippen MR) is 118 cm³/mol. The van der Waals surface area contributed by atoms with Crippen LogP contribution in [0.3, 0.4) is 0 Å². The van der Waals surface area contributed by atoms with Crippen LogP contribution in [0.4, 0.5) is 0 Å². The van der Waals surface area contributed by atoms with Crippen molar-refractivity contribution in [1.82, 2.24) is 20.2 Å². The van der Waals surface area contributed by atoms with Crippen LogP contribution < -0.4 is 5.32 Å². The van der Waals surface area contributed by atoms with Crippen LogP contribution in [-0.2, 0) is 0 Å². The summed E-state index contributed by atoms with van der Waals surface area (Å²) in [5, 5.41) is 4.42. The van der Waals surface area contributed by atoms with Gasteiger partial charge in [0.15, 0.2) is 0 Å². The van der Waals surface area contributed by atoms with Gasteiger partial charge in [-0.15, -0.1) is 6.58 Å². The fraction of sp³-hybridized carbons (Fsp3) is 0.320. The van der Waals surface area contributed by atoms with Crippen LogP contribution >= 0.6 is 0 Å². The molecule has 3 unspecified atom stereocenters. The maximum atomic E-state index is 13.1. The van der Waals surface area contributed by atoms with Crippen molar-refractivity contribution in [2.24, 2.45) is 11.8 Å². The quantitative estimate of drug-likeness (QED) is 0.660. The molecular formula is C25H26N4O. The second-order valence-electron chi connectivity index (χ2n) is 8.33. The van der Waals surface area contributed by atoms with Gasteiger partial charge in [-0.2, -0.15) is 0 Å². The Bertz CT molecular complexity index is 1060. The lowest BCUT2D eigenvalue weighted by molar-refractivity contribution is 0.00167. The van der Waals surface area contributed by atoms with Crippen molar-refractivity contribution in [2.45, 2.75) is 24.9 Å². The molecule has 0 aliphatic carbocycles. The van der Waals surface area contributed by atoms with Crippen LogP contribution in [0.2, 0.25) is 0 Å². The first kappa shape index (κ1) is 18.9. The smallest absolute Gasteiger partial charge is 0.270 e. The Morgan fingerprint density at radius 2 is 2.00 bits per heavy atom. The Morgan fingerprint density at radius 3 is 2.77 bits per heavy atom. The molecule has 3 aromatic rings. The number of nitrogens with one attached hydrogen (secondary N) is 1. The van der Waals surface area contributed by atoms with E-state index >= 15 is 0 Å². The average molecular weight is 399 g/mol. The van der Waals surface area contributed by atoms with Crippen LogP contribution in [0.1, 0.15) is 34.9 Å². The predicted octanol–water partition coefficient (Wildman–Crippen LogP) is 4.00. The molecule has 6 rings (SSSR count). The third-order valence-electron chi connectivity index (χ3n) is 6.74. The molecule has 2 bridgehead atoms. The minimum Gasteiger partial charge on any atom is -0.342 e. The van der Waals surface area contributed by atoms with Gasteiger partial charge in [0.2, 0.25) is 0 Å². The number of rotatable bonds is 5. The lowest BCUT2D eigenvalue weighted by Gasteiger charge is -2.51. The van der Waals surface area contributed by atoms with Crippen LogP contribution in [0.25, 0.3) is 10.9 Å². The summed E-state index contributed by atoms with van der Waals surface area (Å²) in [6, 6.07) is 15.8. The first-order valence-electron chi connectivity index (χ1n) is 10.7. The average Bonchev–Trinajstić information content (AvgIpc) is 2.83. The summed E-state index contributed by atoms with van der Waals surface area (Å²) in [6.45, 7) is 6.13. The molecule has 1 amide bonds. The largest absolute Gasteiger partial charge is 0.342 e. The third-order valence-corrected chi connectivity index (χ3v) is 6.74. The van der Waals surface area contributed by atoms with E-state index in [0.29, 0.717) is 17.5 Å². The zero-order valence-electron chi connectivity index (χ0n) is 16.9. The van der Waals surface area contributed by atoms with E-state index in [1.165, 1.54) is 6.42 Å². The highest BCUT2D eigenvalue weighted by Gasteiger charge is 2.43. The second-order valence-corrected chi connectivity index (χ2v) is 8.33. The Labute approximate surface area is 176 Å². The van der Waals surface area contributed by atoms with Crippen molar-refractivity contribution in [3.63, 3.8) is 0 Å². The monoisotopic (exact) mass is 398 g/mol. The molecule has 3 fully saturated rings. The molecule has 0 saturated carbocycles. The number of hydrogen-bond donors (Lipinski definition) is 1. The first-order valence-corrected chi connectivity index (χ1v) is 10.7. The van der Waals surface area contributed by atoms with E-state index < -0.39 is 0 Å². The molecule has 5 nitrogen and oxygen atoms in total. The zero-order chi connectivity index (χ0) is 20.5. The Hall–Kier alpha value is -3.05. The highest BCUT2D eigenvalue weighted by Crippen LogP contribution is 2.42. The summed E-state index contributed by atoms with van der Waals surface area (Å²) >= 11 is 0. The fourth-order valence-corrected chi connectivity index (χ4v) is 5.21. The Balaban J connectivity index is 1.54. The Kier molecular flexibility index (Phi) is 5.05. The van der Waals surface area contributed by atoms with Crippen molar-refractivity contribution in [2.75, 3.05) is 13.1 Å². The van der Waals surface area contributed by atoms with Crippen LogP contribution in [0.15, 0.2) is 73.6 Å². The van der Waals surface area contributed by atoms with E-state index in [9.17, 15) is 4.79 Å². The number of carbonyl (C=O) groups excluding carboxylic acids is 1. The lowest BCUT2D eigenvalue weighted by Crippen LogP contribution is -2.57. The minimum absolute atomic E-state index is 0.124. The van der Waals surface area contributed by atoms with Gasteiger partial charge >= 0.3 is 0 Å². The van der Waals surface area contributed by atoms with Crippen molar-refractivity contribution in [3.05, 3.63) is 84.8 Å². The SMILES string of the molecule is C=C[C@H]1CN2CCC1CC2[C@H](NC(=O)c1ccccn1)c1ccnc2ccccc12. The van der Waals surface area contributed by atoms with Gasteiger partial charge in [0.05, 0.1) is 11.6 Å². The van der Waals surface area contributed by atoms with Crippen LogP contribution in [0.5, 0.6) is 0 Å². The summed E-state index contributed by atoms with van der Waals surface area (Å²) in [4.78, 5) is 24.4. The molecule has 0 radical (unpaired) electrons. The van der Waals surface area contributed by atoms with Crippen LogP contribution in [0, 0.1) is 11.8 Å². The Morgan fingerprint density at radius 1 is 1.13 bits per heavy atom. The standard InChI is InChI=1S/C25H26N4O/c1-2-17-16-29-14-11-18(17)15-23(29)24(28-25(30)22-9-5-6-12-26-22)20-10-13-27-21-8-4-3-7-19(20)21/h2-10,12-13,17-18,23-24H,1,11,14-16H2,(H,28,30)/t17-,18?,23?,24+/m0/s1. The molecule has 152 valence electrons. The van der Waals surface area contributed by atoms with E-state index in [0.717, 1.165) is 36.0 Å². The van der Waals surface area contributed by atoms with Gasteiger partial charge in [-0.1, -0.05) is 30.3 Å². The lowest BCUT2D eigenvalue weighted by atomic mass is 9.73. The number of amides is 1. The molecule has 2 aromatic heterocycles. The third kappa shape index (κ3) is 3.39. The molecule has 1 aromatic carbocycles. The van der Waals surface area contributed by atoms with Gasteiger partial charge in [-0.3, -0.25) is 19.7 Å². The van der Waals surface area contributed by atoms with Gasteiger partial charge in [0.1, 0.15) is 5.69 Å². The van der Waals surface area contributed by atoms with Crippen molar-refractivity contribution >= 4 is 16.8 Å². The van der Waals surface area contributed by atoms with Crippen LogP contribution in [-0.4, -0.2) is 39.9 Å². The van der Waals surface area contributed by atoms with Gasteiger partial charge in [-0.05, 0) is 61.1 Å². The number of benzene rings is 1. The number of nitrogens with zero attached hydrogens (tertiary/aromatic N) is 3. The second kappa shape index (κ2) is 8.00. The van der Waals surface area contributed by atoms with E-state index in [4.69, 9.17) is 0 Å². The molecule has 30 heavy (non-hydrogen) atoms. The molecule has 5 heterocycles. The van der Waals surface area contributed by atoms with Gasteiger partial charge in [-0.25, -0.2) is 0 Å². The van der Waals surface area contributed by atoms with Crippen molar-refractivity contribution < 1.29 is 4.79 Å². The van der Waals surface area contributed by atoms with Gasteiger partial charge in [0, 0.05) is 30.4 Å². The number of piperidine rings is 3. The number of aromatic nitrogens is 2. The molecule has 3 saturated heterocycles. The van der Waals surface area contributed by atoms with Crippen molar-refractivity contribution in [1.29, 1.82) is 0 Å². The topological polar surface area (TPSA) is 58.1 Å². The van der Waals surface area contributed by atoms with E-state index in [1.807, 2.05) is 36.5 Å². The minimum atomic E-state index is -0.135. The van der Waals surface area contributed by atoms with Crippen molar-refractivity contribution in [3.8, 4) is 0 Å². The normalized spacial score (nSPS) is 26.3. The summed E-state index contributed by atoms with van der Waals surface area (Å²) in [6.07, 6.45) is 7.87. The molecule has 1 N–H and O–H groups in total. The molecule has 5 atom stereocenters. The number of fused-ring (bicyclic) bond motifs is 4. The molecule has 5 heteroatoms. The zero-order valence-corrected chi connectivity index (χ0v) is 16.9. The summed E-state index contributed by atoms with van der Waals surface area (Å²) < 4.78 is 0. The summed E-state index contributed by atoms with van der Waals surface area (Å²) in [7, 11) is 0. The summed E-state index contributed by atoms with van der Waals surface area (Å²) in [5.74, 6) is 1.03. The number of carbonyl (C=O) groups is 1. The number of para-hydroxylation sites is 1. The maximum Gasteiger partial charge on any atom is 0.270 e. The number of pyridine rings is 2. The first-order chi connectivity index (χ1) is 14.7. The highest BCUT2D eigenvalue weighted by atomic mass is 16.2. The highest BCUT2D eigenvalue weighted by molar-refractivity contribution is 5.93. The molecule has 3 aliphatic rings. The van der Waals surface area contributed by atoms with Gasteiger partial charge in [0.25, 0.3) is 5.91 Å². The van der Waals surface area contributed by atoms with E-state index in [2.05, 4.69) is 45.0 Å².